The summed E-state index contributed by atoms with van der Waals surface area (Å²) in [5, 5.41) is 11.3. The number of carbonyl (C=O) groups is 2. The second kappa shape index (κ2) is 4.79. The van der Waals surface area contributed by atoms with Gasteiger partial charge in [0.1, 0.15) is 6.29 Å². The van der Waals surface area contributed by atoms with E-state index in [-0.39, 0.29) is 11.8 Å². The van der Waals surface area contributed by atoms with Gasteiger partial charge < -0.3 is 10.1 Å². The van der Waals surface area contributed by atoms with Crippen LogP contribution in [0.5, 0.6) is 0 Å². The first-order chi connectivity index (χ1) is 8.24. The van der Waals surface area contributed by atoms with Crippen LogP contribution in [0.2, 0.25) is 0 Å². The molecule has 1 atom stereocenters. The fourth-order valence-electron chi connectivity index (χ4n) is 1.70. The van der Waals surface area contributed by atoms with Crippen LogP contribution in [0.3, 0.4) is 0 Å². The summed E-state index contributed by atoms with van der Waals surface area (Å²) < 4.78 is 0. The van der Waals surface area contributed by atoms with Crippen molar-refractivity contribution in [2.45, 2.75) is 12.8 Å². The molecule has 4 heteroatoms. The maximum atomic E-state index is 11.8. The number of hydrogen-bond acceptors (Lipinski definition) is 3. The van der Waals surface area contributed by atoms with Gasteiger partial charge in [-0.1, -0.05) is 0 Å². The highest BCUT2D eigenvalue weighted by atomic mass is 16.2. The maximum Gasteiger partial charge on any atom is 0.234 e. The van der Waals surface area contributed by atoms with E-state index in [2.05, 4.69) is 5.32 Å². The van der Waals surface area contributed by atoms with E-state index in [1.54, 1.807) is 24.3 Å². The maximum absolute atomic E-state index is 11.8. The van der Waals surface area contributed by atoms with E-state index in [1.807, 2.05) is 6.07 Å². The van der Waals surface area contributed by atoms with E-state index in [0.29, 0.717) is 11.3 Å². The van der Waals surface area contributed by atoms with Crippen LogP contribution in [0.1, 0.15) is 18.4 Å². The lowest BCUT2D eigenvalue weighted by atomic mass is 10.1. The van der Waals surface area contributed by atoms with Crippen LogP contribution in [-0.2, 0) is 9.59 Å². The predicted molar refractivity (Wildman–Crippen MR) is 62.1 cm³/mol. The van der Waals surface area contributed by atoms with Gasteiger partial charge >= 0.3 is 0 Å². The molecule has 0 bridgehead atoms. The molecule has 4 nitrogen and oxygen atoms in total. The van der Waals surface area contributed by atoms with E-state index < -0.39 is 5.92 Å². The molecule has 0 spiro atoms. The quantitative estimate of drug-likeness (QED) is 0.630. The Morgan fingerprint density at radius 2 is 2.06 bits per heavy atom. The average Bonchev–Trinajstić information content (AvgIpc) is 3.15. The number of nitriles is 1. The first-order valence-electron chi connectivity index (χ1n) is 5.51. The molecule has 1 aliphatic rings. The Hall–Kier alpha value is -2.15. The number of nitrogens with one attached hydrogen (secondary N) is 1. The third-order valence-electron chi connectivity index (χ3n) is 2.86. The number of rotatable bonds is 4. The molecule has 0 aromatic heterocycles. The number of benzene rings is 1. The lowest BCUT2D eigenvalue weighted by Crippen LogP contribution is -2.25. The molecule has 86 valence electrons. The Bertz CT molecular complexity index is 469. The summed E-state index contributed by atoms with van der Waals surface area (Å²) in [6.45, 7) is 0. The highest BCUT2D eigenvalue weighted by Gasteiger charge is 2.35. The Morgan fingerprint density at radius 3 is 2.53 bits per heavy atom. The zero-order valence-electron chi connectivity index (χ0n) is 9.22. The van der Waals surface area contributed by atoms with Crippen molar-refractivity contribution >= 4 is 17.9 Å². The average molecular weight is 228 g/mol. The van der Waals surface area contributed by atoms with E-state index >= 15 is 0 Å². The molecule has 1 aromatic carbocycles. The largest absolute Gasteiger partial charge is 0.325 e. The van der Waals surface area contributed by atoms with Crippen molar-refractivity contribution in [2.24, 2.45) is 11.8 Å². The third kappa shape index (κ3) is 2.70. The molecule has 17 heavy (non-hydrogen) atoms. The summed E-state index contributed by atoms with van der Waals surface area (Å²) >= 11 is 0. The lowest BCUT2D eigenvalue weighted by Gasteiger charge is -2.09. The molecule has 2 rings (SSSR count). The molecule has 1 amide bonds. The molecule has 1 aliphatic carbocycles. The van der Waals surface area contributed by atoms with Crippen LogP contribution in [-0.4, -0.2) is 12.2 Å². The monoisotopic (exact) mass is 228 g/mol. The zero-order chi connectivity index (χ0) is 12.3. The summed E-state index contributed by atoms with van der Waals surface area (Å²) in [6, 6.07) is 8.57. The van der Waals surface area contributed by atoms with Gasteiger partial charge in [0.2, 0.25) is 5.91 Å². The minimum absolute atomic E-state index is 0.214. The minimum Gasteiger partial charge on any atom is -0.325 e. The van der Waals surface area contributed by atoms with Gasteiger partial charge in [-0.2, -0.15) is 5.26 Å². The van der Waals surface area contributed by atoms with Crippen LogP contribution in [0, 0.1) is 23.2 Å². The standard InChI is InChI=1S/C13H12N2O2/c14-7-9-1-5-11(6-2-9)15-13(17)12(8-16)10-3-4-10/h1-2,5-6,8,10,12H,3-4H2,(H,15,17). The van der Waals surface area contributed by atoms with Crippen LogP contribution in [0.4, 0.5) is 5.69 Å². The van der Waals surface area contributed by atoms with Crippen LogP contribution >= 0.6 is 0 Å². The van der Waals surface area contributed by atoms with E-state index in [1.165, 1.54) is 0 Å². The van der Waals surface area contributed by atoms with Gasteiger partial charge in [0.15, 0.2) is 0 Å². The predicted octanol–water partition coefficient (Wildman–Crippen LogP) is 1.72. The summed E-state index contributed by atoms with van der Waals surface area (Å²) in [7, 11) is 0. The third-order valence-corrected chi connectivity index (χ3v) is 2.86. The van der Waals surface area contributed by atoms with Gasteiger partial charge in [-0.05, 0) is 43.0 Å². The normalized spacial score (nSPS) is 15.7. The number of aldehydes is 1. The Labute approximate surface area is 99.2 Å². The van der Waals surface area contributed by atoms with E-state index in [9.17, 15) is 9.59 Å². The minimum atomic E-state index is -0.536. The van der Waals surface area contributed by atoms with Crippen LogP contribution in [0.15, 0.2) is 24.3 Å². The molecule has 0 aliphatic heterocycles. The SMILES string of the molecule is N#Cc1ccc(NC(=O)C(C=O)C2CC2)cc1. The second-order valence-corrected chi connectivity index (χ2v) is 4.18. The molecule has 0 saturated heterocycles. The summed E-state index contributed by atoms with van der Waals surface area (Å²) in [6.07, 6.45) is 2.62. The molecule has 1 unspecified atom stereocenters. The Morgan fingerprint density at radius 1 is 1.41 bits per heavy atom. The van der Waals surface area contributed by atoms with Crippen molar-refractivity contribution in [3.8, 4) is 6.07 Å². The van der Waals surface area contributed by atoms with Crippen molar-refractivity contribution in [1.82, 2.24) is 0 Å². The van der Waals surface area contributed by atoms with Crippen molar-refractivity contribution in [1.29, 1.82) is 5.26 Å². The van der Waals surface area contributed by atoms with Gasteiger partial charge in [0.25, 0.3) is 0 Å². The summed E-state index contributed by atoms with van der Waals surface area (Å²) in [4.78, 5) is 22.6. The molecule has 0 radical (unpaired) electrons. The molecular formula is C13H12N2O2. The molecule has 1 fully saturated rings. The number of anilines is 1. The Balaban J connectivity index is 2.01. The Kier molecular flexibility index (Phi) is 3.20. The van der Waals surface area contributed by atoms with E-state index in [4.69, 9.17) is 5.26 Å². The summed E-state index contributed by atoms with van der Waals surface area (Å²) in [5.74, 6) is -0.580. The first kappa shape index (κ1) is 11.3. The fraction of sp³-hybridized carbons (Fsp3) is 0.308. The van der Waals surface area contributed by atoms with Crippen molar-refractivity contribution in [2.75, 3.05) is 5.32 Å². The molecule has 1 N–H and O–H groups in total. The molecule has 1 aromatic rings. The smallest absolute Gasteiger partial charge is 0.234 e. The van der Waals surface area contributed by atoms with Gasteiger partial charge in [-0.15, -0.1) is 0 Å². The van der Waals surface area contributed by atoms with Gasteiger partial charge in [0.05, 0.1) is 17.6 Å². The van der Waals surface area contributed by atoms with Crippen LogP contribution < -0.4 is 5.32 Å². The van der Waals surface area contributed by atoms with Gasteiger partial charge in [-0.3, -0.25) is 4.79 Å². The highest BCUT2D eigenvalue weighted by Crippen LogP contribution is 2.36. The van der Waals surface area contributed by atoms with Crippen LogP contribution in [0.25, 0.3) is 0 Å². The summed E-state index contributed by atoms with van der Waals surface area (Å²) in [5.41, 5.74) is 1.15. The van der Waals surface area contributed by atoms with Crippen molar-refractivity contribution in [3.63, 3.8) is 0 Å². The topological polar surface area (TPSA) is 70.0 Å². The molecule has 1 saturated carbocycles. The zero-order valence-corrected chi connectivity index (χ0v) is 9.22. The van der Waals surface area contributed by atoms with Crippen molar-refractivity contribution in [3.05, 3.63) is 29.8 Å². The number of nitrogens with zero attached hydrogens (tertiary/aromatic N) is 1. The van der Waals surface area contributed by atoms with Crippen molar-refractivity contribution < 1.29 is 9.59 Å². The number of amides is 1. The highest BCUT2D eigenvalue weighted by molar-refractivity contribution is 6.01. The lowest BCUT2D eigenvalue weighted by molar-refractivity contribution is -0.125. The number of hydrogen-bond donors (Lipinski definition) is 1. The second-order valence-electron chi connectivity index (χ2n) is 4.18. The van der Waals surface area contributed by atoms with Gasteiger partial charge in [0, 0.05) is 5.69 Å². The molecular weight excluding hydrogens is 216 g/mol. The number of carbonyl (C=O) groups excluding carboxylic acids is 2. The fourth-order valence-corrected chi connectivity index (χ4v) is 1.70. The first-order valence-corrected chi connectivity index (χ1v) is 5.51. The van der Waals surface area contributed by atoms with Gasteiger partial charge in [-0.25, -0.2) is 0 Å². The van der Waals surface area contributed by atoms with E-state index in [0.717, 1.165) is 19.1 Å². The molecule has 0 heterocycles.